The number of Topliss-reactive ketones (excluding diaryl/α,β-unsaturated/α-hetero) is 1. The van der Waals surface area contributed by atoms with E-state index in [1.54, 1.807) is 6.92 Å². The van der Waals surface area contributed by atoms with Gasteiger partial charge in [0.2, 0.25) is 0 Å². The second kappa shape index (κ2) is 2.05. The minimum absolute atomic E-state index is 0.160. The van der Waals surface area contributed by atoms with Crippen LogP contribution in [-0.4, -0.2) is 12.0 Å². The third-order valence-electron chi connectivity index (χ3n) is 2.94. The van der Waals surface area contributed by atoms with Gasteiger partial charge in [0.25, 0.3) is 0 Å². The molecule has 2 atom stereocenters. The number of halogens is 1. The van der Waals surface area contributed by atoms with Gasteiger partial charge in [-0.25, -0.2) is 4.39 Å². The van der Waals surface area contributed by atoms with E-state index in [1.807, 2.05) is 0 Å². The van der Waals surface area contributed by atoms with Crippen molar-refractivity contribution in [2.45, 2.75) is 38.8 Å². The van der Waals surface area contributed by atoms with Crippen LogP contribution in [0.2, 0.25) is 0 Å². The van der Waals surface area contributed by atoms with Crippen molar-refractivity contribution >= 4 is 5.78 Å². The molecule has 0 aromatic rings. The average Bonchev–Trinajstić information content (AvgIpc) is 2.77. The van der Waals surface area contributed by atoms with Crippen LogP contribution in [0.1, 0.15) is 32.6 Å². The highest BCUT2D eigenvalue weighted by Gasteiger charge is 2.56. The third kappa shape index (κ3) is 1.19. The molecule has 2 heteroatoms. The highest BCUT2D eigenvalue weighted by atomic mass is 19.1. The van der Waals surface area contributed by atoms with Gasteiger partial charge in [0.1, 0.15) is 12.0 Å². The van der Waals surface area contributed by atoms with Gasteiger partial charge in [-0.3, -0.25) is 4.79 Å². The molecule has 62 valence electrons. The van der Waals surface area contributed by atoms with Crippen LogP contribution in [0, 0.1) is 11.3 Å². The second-order valence-corrected chi connectivity index (χ2v) is 4.16. The smallest absolute Gasteiger partial charge is 0.142 e. The van der Waals surface area contributed by atoms with Gasteiger partial charge in [-0.2, -0.15) is 0 Å². The fourth-order valence-electron chi connectivity index (χ4n) is 1.42. The summed E-state index contributed by atoms with van der Waals surface area (Å²) in [6.45, 7) is 1.75. The summed E-state index contributed by atoms with van der Waals surface area (Å²) in [7, 11) is 0. The van der Waals surface area contributed by atoms with E-state index in [0.29, 0.717) is 18.8 Å². The molecule has 2 aliphatic rings. The molecule has 0 amide bonds. The van der Waals surface area contributed by atoms with Gasteiger partial charge in [0, 0.05) is 6.42 Å². The number of ketones is 1. The topological polar surface area (TPSA) is 17.1 Å². The Morgan fingerprint density at radius 3 is 2.55 bits per heavy atom. The minimum Gasteiger partial charge on any atom is -0.299 e. The van der Waals surface area contributed by atoms with Gasteiger partial charge in [0.15, 0.2) is 0 Å². The van der Waals surface area contributed by atoms with Crippen molar-refractivity contribution < 1.29 is 9.18 Å². The maximum atomic E-state index is 12.7. The maximum absolute atomic E-state index is 12.7. The molecule has 0 aromatic heterocycles. The van der Waals surface area contributed by atoms with Crippen LogP contribution in [0.3, 0.4) is 0 Å². The van der Waals surface area contributed by atoms with E-state index in [4.69, 9.17) is 0 Å². The molecular weight excluding hydrogens is 143 g/mol. The lowest BCUT2D eigenvalue weighted by Gasteiger charge is -2.04. The number of rotatable bonds is 3. The van der Waals surface area contributed by atoms with Crippen molar-refractivity contribution in [3.05, 3.63) is 0 Å². The molecule has 0 radical (unpaired) electrons. The molecule has 2 aliphatic carbocycles. The summed E-state index contributed by atoms with van der Waals surface area (Å²) >= 11 is 0. The Morgan fingerprint density at radius 2 is 2.18 bits per heavy atom. The molecule has 0 bridgehead atoms. The van der Waals surface area contributed by atoms with Gasteiger partial charge in [-0.1, -0.05) is 0 Å². The van der Waals surface area contributed by atoms with Crippen LogP contribution in [-0.2, 0) is 4.79 Å². The molecule has 2 fully saturated rings. The van der Waals surface area contributed by atoms with Gasteiger partial charge in [-0.05, 0) is 32.1 Å². The fourth-order valence-corrected chi connectivity index (χ4v) is 1.42. The number of carbonyl (C=O) groups is 1. The lowest BCUT2D eigenvalue weighted by Crippen LogP contribution is -2.15. The maximum Gasteiger partial charge on any atom is 0.142 e. The number of carbonyl (C=O) groups excluding carboxylic acids is 1. The Labute approximate surface area is 66.0 Å². The van der Waals surface area contributed by atoms with Crippen LogP contribution in [0.5, 0.6) is 0 Å². The first-order chi connectivity index (χ1) is 5.13. The zero-order valence-electron chi connectivity index (χ0n) is 6.77. The van der Waals surface area contributed by atoms with Crippen molar-refractivity contribution in [2.75, 3.05) is 0 Å². The van der Waals surface area contributed by atoms with Crippen LogP contribution in [0.15, 0.2) is 0 Å². The second-order valence-electron chi connectivity index (χ2n) is 4.16. The molecule has 1 nitrogen and oxygen atoms in total. The molecule has 0 aliphatic heterocycles. The zero-order valence-corrected chi connectivity index (χ0v) is 6.77. The van der Waals surface area contributed by atoms with E-state index >= 15 is 0 Å². The summed E-state index contributed by atoms with van der Waals surface area (Å²) in [4.78, 5) is 11.3. The van der Waals surface area contributed by atoms with Crippen LogP contribution >= 0.6 is 0 Å². The molecule has 0 saturated heterocycles. The third-order valence-corrected chi connectivity index (χ3v) is 2.94. The molecule has 2 unspecified atom stereocenters. The van der Waals surface area contributed by atoms with Crippen LogP contribution < -0.4 is 0 Å². The highest BCUT2D eigenvalue weighted by Crippen LogP contribution is 2.51. The van der Waals surface area contributed by atoms with Gasteiger partial charge >= 0.3 is 0 Å². The minimum atomic E-state index is -0.839. The molecule has 2 rings (SSSR count). The zero-order chi connectivity index (χ0) is 8.06. The Bertz CT molecular complexity index is 198. The predicted molar refractivity (Wildman–Crippen MR) is 40.0 cm³/mol. The Hall–Kier alpha value is -0.400. The fraction of sp³-hybridized carbons (Fsp3) is 0.889. The summed E-state index contributed by atoms with van der Waals surface area (Å²) in [6, 6.07) is 0. The largest absolute Gasteiger partial charge is 0.299 e. The Morgan fingerprint density at radius 1 is 1.64 bits per heavy atom. The van der Waals surface area contributed by atoms with Crippen molar-refractivity contribution in [2.24, 2.45) is 11.3 Å². The SMILES string of the molecule is CC1(C(=O)CC2CC2)CC1F. The van der Waals surface area contributed by atoms with E-state index in [-0.39, 0.29) is 5.78 Å². The molecule has 0 spiro atoms. The average molecular weight is 156 g/mol. The lowest BCUT2D eigenvalue weighted by atomic mass is 9.99. The van der Waals surface area contributed by atoms with E-state index in [2.05, 4.69) is 0 Å². The molecule has 2 saturated carbocycles. The van der Waals surface area contributed by atoms with E-state index in [1.165, 1.54) is 12.8 Å². The van der Waals surface area contributed by atoms with Crippen LogP contribution in [0.4, 0.5) is 4.39 Å². The molecule has 0 N–H and O–H groups in total. The van der Waals surface area contributed by atoms with Crippen molar-refractivity contribution in [3.63, 3.8) is 0 Å². The molecular formula is C9H13FO. The summed E-state index contributed by atoms with van der Waals surface area (Å²) in [5.74, 6) is 0.764. The highest BCUT2D eigenvalue weighted by molar-refractivity contribution is 5.88. The predicted octanol–water partition coefficient (Wildman–Crippen LogP) is 2.10. The van der Waals surface area contributed by atoms with E-state index < -0.39 is 11.6 Å². The monoisotopic (exact) mass is 156 g/mol. The van der Waals surface area contributed by atoms with E-state index in [0.717, 1.165) is 0 Å². The standard InChI is InChI=1S/C9H13FO/c1-9(5-7(9)10)8(11)4-6-2-3-6/h6-7H,2-5H2,1H3. The van der Waals surface area contributed by atoms with Crippen molar-refractivity contribution in [1.29, 1.82) is 0 Å². The van der Waals surface area contributed by atoms with E-state index in [9.17, 15) is 9.18 Å². The Balaban J connectivity index is 1.89. The quantitative estimate of drug-likeness (QED) is 0.611. The Kier molecular flexibility index (Phi) is 1.35. The first-order valence-electron chi connectivity index (χ1n) is 4.30. The van der Waals surface area contributed by atoms with Crippen LogP contribution in [0.25, 0.3) is 0 Å². The number of hydrogen-bond donors (Lipinski definition) is 0. The van der Waals surface area contributed by atoms with Crippen molar-refractivity contribution in [3.8, 4) is 0 Å². The summed E-state index contributed by atoms with van der Waals surface area (Å²) < 4.78 is 12.7. The van der Waals surface area contributed by atoms with Gasteiger partial charge < -0.3 is 0 Å². The summed E-state index contributed by atoms with van der Waals surface area (Å²) in [5, 5.41) is 0. The molecule has 11 heavy (non-hydrogen) atoms. The molecule has 0 heterocycles. The normalized spacial score (nSPS) is 42.2. The summed E-state index contributed by atoms with van der Waals surface area (Å²) in [6.07, 6.45) is 2.63. The number of alkyl halides is 1. The van der Waals surface area contributed by atoms with Crippen molar-refractivity contribution in [1.82, 2.24) is 0 Å². The first-order valence-corrected chi connectivity index (χ1v) is 4.30. The van der Waals surface area contributed by atoms with Gasteiger partial charge in [-0.15, -0.1) is 0 Å². The van der Waals surface area contributed by atoms with Gasteiger partial charge in [0.05, 0.1) is 5.41 Å². The summed E-state index contributed by atoms with van der Waals surface area (Å²) in [5.41, 5.74) is -0.567. The molecule has 0 aromatic carbocycles. The first kappa shape index (κ1) is 7.26. The lowest BCUT2D eigenvalue weighted by molar-refractivity contribution is -0.124. The number of hydrogen-bond acceptors (Lipinski definition) is 1.